The zero-order chi connectivity index (χ0) is 12.3. The number of nitrogens with one attached hydrogen (secondary N) is 1. The van der Waals surface area contributed by atoms with E-state index >= 15 is 0 Å². The Morgan fingerprint density at radius 3 is 3.06 bits per heavy atom. The summed E-state index contributed by atoms with van der Waals surface area (Å²) in [6.45, 7) is 3.08. The van der Waals surface area contributed by atoms with Crippen LogP contribution in [0, 0.1) is 5.92 Å². The van der Waals surface area contributed by atoms with Crippen molar-refractivity contribution < 1.29 is 5.11 Å². The van der Waals surface area contributed by atoms with Crippen LogP contribution in [0.3, 0.4) is 0 Å². The molecule has 2 rings (SSSR count). The van der Waals surface area contributed by atoms with E-state index < -0.39 is 0 Å². The fraction of sp³-hybridized carbons (Fsp3) is 0.545. The summed E-state index contributed by atoms with van der Waals surface area (Å²) < 4.78 is 1.72. The number of aliphatic hydroxyl groups excluding tert-OH is 1. The number of rotatable bonds is 5. The van der Waals surface area contributed by atoms with Crippen LogP contribution in [-0.2, 0) is 7.05 Å². The molecule has 2 aromatic heterocycles. The number of fused-ring (bicyclic) bond motifs is 1. The van der Waals surface area contributed by atoms with Gasteiger partial charge in [-0.15, -0.1) is 0 Å². The molecule has 0 fully saturated rings. The third kappa shape index (κ3) is 2.52. The smallest absolute Gasteiger partial charge is 0.163 e. The van der Waals surface area contributed by atoms with Gasteiger partial charge in [-0.25, -0.2) is 9.97 Å². The lowest BCUT2D eigenvalue weighted by atomic mass is 10.1. The molecule has 17 heavy (non-hydrogen) atoms. The van der Waals surface area contributed by atoms with Crippen molar-refractivity contribution in [2.24, 2.45) is 13.0 Å². The van der Waals surface area contributed by atoms with Crippen molar-refractivity contribution in [1.82, 2.24) is 19.7 Å². The van der Waals surface area contributed by atoms with E-state index in [9.17, 15) is 0 Å². The van der Waals surface area contributed by atoms with E-state index in [1.165, 1.54) is 6.33 Å². The zero-order valence-corrected chi connectivity index (χ0v) is 10.1. The van der Waals surface area contributed by atoms with Crippen molar-refractivity contribution in [3.63, 3.8) is 0 Å². The molecule has 1 unspecified atom stereocenters. The van der Waals surface area contributed by atoms with Gasteiger partial charge in [-0.2, -0.15) is 5.10 Å². The fourth-order valence-electron chi connectivity index (χ4n) is 1.70. The second-order valence-corrected chi connectivity index (χ2v) is 4.23. The first-order valence-electron chi connectivity index (χ1n) is 5.69. The van der Waals surface area contributed by atoms with Crippen LogP contribution < -0.4 is 5.32 Å². The predicted octanol–water partition coefficient (Wildman–Crippen LogP) is 0.794. The third-order valence-electron chi connectivity index (χ3n) is 2.77. The number of hydrogen-bond donors (Lipinski definition) is 2. The van der Waals surface area contributed by atoms with Crippen LogP contribution in [0.25, 0.3) is 11.0 Å². The molecule has 0 saturated carbocycles. The summed E-state index contributed by atoms with van der Waals surface area (Å²) in [6, 6.07) is 0. The number of nitrogens with zero attached hydrogens (tertiary/aromatic N) is 4. The van der Waals surface area contributed by atoms with Crippen LogP contribution in [-0.4, -0.2) is 38.0 Å². The Morgan fingerprint density at radius 2 is 2.29 bits per heavy atom. The van der Waals surface area contributed by atoms with Gasteiger partial charge in [-0.3, -0.25) is 4.68 Å². The summed E-state index contributed by atoms with van der Waals surface area (Å²) in [5.41, 5.74) is 0.817. The quantitative estimate of drug-likeness (QED) is 0.801. The molecule has 6 nitrogen and oxygen atoms in total. The minimum atomic E-state index is 0.217. The summed E-state index contributed by atoms with van der Waals surface area (Å²) in [7, 11) is 1.85. The SMILES string of the molecule is CC(CCO)CNc1ncnc2c1cnn2C. The van der Waals surface area contributed by atoms with E-state index in [4.69, 9.17) is 5.11 Å². The van der Waals surface area contributed by atoms with Gasteiger partial charge in [-0.1, -0.05) is 6.92 Å². The van der Waals surface area contributed by atoms with Gasteiger partial charge in [0.05, 0.1) is 11.6 Å². The maximum absolute atomic E-state index is 8.84. The summed E-state index contributed by atoms with van der Waals surface area (Å²) in [5, 5.41) is 17.2. The minimum Gasteiger partial charge on any atom is -0.396 e. The lowest BCUT2D eigenvalue weighted by Gasteiger charge is -2.11. The van der Waals surface area contributed by atoms with Gasteiger partial charge in [-0.05, 0) is 12.3 Å². The number of aromatic nitrogens is 4. The van der Waals surface area contributed by atoms with Crippen molar-refractivity contribution >= 4 is 16.9 Å². The van der Waals surface area contributed by atoms with E-state index in [-0.39, 0.29) is 6.61 Å². The number of anilines is 1. The van der Waals surface area contributed by atoms with Crippen molar-refractivity contribution in [2.45, 2.75) is 13.3 Å². The van der Waals surface area contributed by atoms with Crippen LogP contribution >= 0.6 is 0 Å². The Bertz CT molecular complexity index is 496. The molecule has 0 aliphatic rings. The molecule has 2 aromatic rings. The zero-order valence-electron chi connectivity index (χ0n) is 10.1. The molecular weight excluding hydrogens is 218 g/mol. The molecular formula is C11H17N5O. The Balaban J connectivity index is 2.13. The van der Waals surface area contributed by atoms with Crippen molar-refractivity contribution in [3.05, 3.63) is 12.5 Å². The van der Waals surface area contributed by atoms with Gasteiger partial charge in [0.25, 0.3) is 0 Å². The van der Waals surface area contributed by atoms with Crippen molar-refractivity contribution in [1.29, 1.82) is 0 Å². The van der Waals surface area contributed by atoms with E-state index in [0.29, 0.717) is 5.92 Å². The Kier molecular flexibility index (Phi) is 3.53. The predicted molar refractivity (Wildman–Crippen MR) is 65.7 cm³/mol. The van der Waals surface area contributed by atoms with Gasteiger partial charge in [0.2, 0.25) is 0 Å². The molecule has 2 heterocycles. The molecule has 0 aliphatic heterocycles. The highest BCUT2D eigenvalue weighted by molar-refractivity contribution is 5.85. The summed E-state index contributed by atoms with van der Waals surface area (Å²) in [4.78, 5) is 8.39. The normalized spacial score (nSPS) is 12.9. The minimum absolute atomic E-state index is 0.217. The lowest BCUT2D eigenvalue weighted by Crippen LogP contribution is -2.13. The molecule has 6 heteroatoms. The van der Waals surface area contributed by atoms with Gasteiger partial charge in [0.15, 0.2) is 5.65 Å². The van der Waals surface area contributed by atoms with Crippen molar-refractivity contribution in [3.8, 4) is 0 Å². The molecule has 1 atom stereocenters. The summed E-state index contributed by atoms with van der Waals surface area (Å²) >= 11 is 0. The molecule has 0 aromatic carbocycles. The molecule has 0 radical (unpaired) electrons. The Morgan fingerprint density at radius 1 is 1.47 bits per heavy atom. The van der Waals surface area contributed by atoms with Crippen LogP contribution in [0.2, 0.25) is 0 Å². The lowest BCUT2D eigenvalue weighted by molar-refractivity contribution is 0.266. The van der Waals surface area contributed by atoms with Crippen LogP contribution in [0.15, 0.2) is 12.5 Å². The average Bonchev–Trinajstić information content (AvgIpc) is 2.70. The van der Waals surface area contributed by atoms with Crippen LogP contribution in [0.1, 0.15) is 13.3 Å². The second kappa shape index (κ2) is 5.09. The highest BCUT2D eigenvalue weighted by Gasteiger charge is 2.08. The molecule has 0 bridgehead atoms. The largest absolute Gasteiger partial charge is 0.396 e. The van der Waals surface area contributed by atoms with E-state index in [0.717, 1.165) is 29.8 Å². The fourth-order valence-corrected chi connectivity index (χ4v) is 1.70. The second-order valence-electron chi connectivity index (χ2n) is 4.23. The maximum atomic E-state index is 8.84. The van der Waals surface area contributed by atoms with Gasteiger partial charge in [0.1, 0.15) is 12.1 Å². The topological polar surface area (TPSA) is 75.9 Å². The summed E-state index contributed by atoms with van der Waals surface area (Å²) in [6.07, 6.45) is 4.08. The van der Waals surface area contributed by atoms with Crippen LogP contribution in [0.5, 0.6) is 0 Å². The van der Waals surface area contributed by atoms with E-state index in [1.807, 2.05) is 7.05 Å². The average molecular weight is 235 g/mol. The molecule has 0 amide bonds. The Labute approximate surface area is 99.7 Å². The number of hydrogen-bond acceptors (Lipinski definition) is 5. The first kappa shape index (κ1) is 11.8. The maximum Gasteiger partial charge on any atom is 0.163 e. The van der Waals surface area contributed by atoms with Crippen LogP contribution in [0.4, 0.5) is 5.82 Å². The Hall–Kier alpha value is -1.69. The molecule has 92 valence electrons. The van der Waals surface area contributed by atoms with E-state index in [2.05, 4.69) is 27.3 Å². The van der Waals surface area contributed by atoms with Gasteiger partial charge in [0, 0.05) is 20.2 Å². The molecule has 0 saturated heterocycles. The highest BCUT2D eigenvalue weighted by Crippen LogP contribution is 2.18. The van der Waals surface area contributed by atoms with E-state index in [1.54, 1.807) is 10.9 Å². The monoisotopic (exact) mass is 235 g/mol. The van der Waals surface area contributed by atoms with Gasteiger partial charge < -0.3 is 10.4 Å². The van der Waals surface area contributed by atoms with Crippen molar-refractivity contribution in [2.75, 3.05) is 18.5 Å². The standard InChI is InChI=1S/C11H17N5O/c1-8(3-4-17)5-12-10-9-6-15-16(2)11(9)14-7-13-10/h6-8,17H,3-5H2,1-2H3,(H,12,13,14). The number of aliphatic hydroxyl groups is 1. The molecule has 2 N–H and O–H groups in total. The first-order chi connectivity index (χ1) is 8.22. The molecule has 0 aliphatic carbocycles. The first-order valence-corrected chi connectivity index (χ1v) is 5.69. The number of aryl methyl sites for hydroxylation is 1. The summed E-state index contributed by atoms with van der Waals surface area (Å²) in [5.74, 6) is 1.20. The molecule has 0 spiro atoms. The van der Waals surface area contributed by atoms with Gasteiger partial charge >= 0.3 is 0 Å². The highest BCUT2D eigenvalue weighted by atomic mass is 16.3. The third-order valence-corrected chi connectivity index (χ3v) is 2.77.